The molecule has 1 fully saturated rings. The Balaban J connectivity index is 1.98. The highest BCUT2D eigenvalue weighted by atomic mass is 16.2. The molecule has 1 aliphatic heterocycles. The monoisotopic (exact) mass is 261 g/mol. The van der Waals surface area contributed by atoms with Crippen LogP contribution in [0.2, 0.25) is 0 Å². The van der Waals surface area contributed by atoms with E-state index in [0.717, 1.165) is 31.5 Å². The molecule has 19 heavy (non-hydrogen) atoms. The molecule has 1 heterocycles. The molecule has 0 aliphatic carbocycles. The quantitative estimate of drug-likeness (QED) is 0.856. The average Bonchev–Trinajstić information content (AvgIpc) is 2.40. The van der Waals surface area contributed by atoms with Gasteiger partial charge in [-0.3, -0.25) is 0 Å². The van der Waals surface area contributed by atoms with Crippen LogP contribution < -0.4 is 11.1 Å². The van der Waals surface area contributed by atoms with E-state index in [1.165, 1.54) is 0 Å². The number of carbonyl (C=O) groups excluding carboxylic acids is 1. The fourth-order valence-corrected chi connectivity index (χ4v) is 2.38. The topological polar surface area (TPSA) is 58.4 Å². The van der Waals surface area contributed by atoms with Crippen LogP contribution in [0.1, 0.15) is 32.3 Å². The van der Waals surface area contributed by atoms with Crippen molar-refractivity contribution in [2.45, 2.75) is 38.3 Å². The van der Waals surface area contributed by atoms with Gasteiger partial charge in [-0.15, -0.1) is 0 Å². The van der Waals surface area contributed by atoms with Crippen LogP contribution in [0.15, 0.2) is 30.3 Å². The van der Waals surface area contributed by atoms with Crippen LogP contribution in [0, 0.1) is 0 Å². The number of hydrogen-bond donors (Lipinski definition) is 2. The number of benzene rings is 1. The third kappa shape index (κ3) is 3.47. The van der Waals surface area contributed by atoms with E-state index < -0.39 is 0 Å². The predicted octanol–water partition coefficient (Wildman–Crippen LogP) is 2.05. The fourth-order valence-electron chi connectivity index (χ4n) is 2.38. The first kappa shape index (κ1) is 13.9. The largest absolute Gasteiger partial charge is 0.329 e. The van der Waals surface area contributed by atoms with E-state index in [1.54, 1.807) is 0 Å². The second-order valence-corrected chi connectivity index (χ2v) is 5.75. The zero-order valence-corrected chi connectivity index (χ0v) is 11.7. The number of carbonyl (C=O) groups is 1. The summed E-state index contributed by atoms with van der Waals surface area (Å²) in [6.45, 7) is 5.54. The Hall–Kier alpha value is -1.55. The molecule has 0 spiro atoms. The maximum atomic E-state index is 12.3. The SMILES string of the molecule is CC(C)(NC(=O)N1CCC(N)CC1)c1ccccc1. The van der Waals surface area contributed by atoms with Crippen molar-refractivity contribution >= 4 is 6.03 Å². The Morgan fingerprint density at radius 1 is 1.26 bits per heavy atom. The Kier molecular flexibility index (Phi) is 4.10. The highest BCUT2D eigenvalue weighted by Crippen LogP contribution is 2.20. The fraction of sp³-hybridized carbons (Fsp3) is 0.533. The van der Waals surface area contributed by atoms with Gasteiger partial charge in [-0.1, -0.05) is 30.3 Å². The van der Waals surface area contributed by atoms with Crippen LogP contribution in [0.3, 0.4) is 0 Å². The van der Waals surface area contributed by atoms with E-state index >= 15 is 0 Å². The second-order valence-electron chi connectivity index (χ2n) is 5.75. The zero-order valence-electron chi connectivity index (χ0n) is 11.7. The molecule has 0 aromatic heterocycles. The van der Waals surface area contributed by atoms with Gasteiger partial charge >= 0.3 is 6.03 Å². The second kappa shape index (κ2) is 5.61. The molecule has 2 amide bonds. The van der Waals surface area contributed by atoms with Gasteiger partial charge in [0.05, 0.1) is 5.54 Å². The van der Waals surface area contributed by atoms with Crippen molar-refractivity contribution in [3.8, 4) is 0 Å². The van der Waals surface area contributed by atoms with E-state index in [1.807, 2.05) is 49.1 Å². The number of urea groups is 1. The van der Waals surface area contributed by atoms with Crippen LogP contribution >= 0.6 is 0 Å². The molecule has 0 unspecified atom stereocenters. The minimum absolute atomic E-state index is 0.000697. The average molecular weight is 261 g/mol. The number of nitrogens with two attached hydrogens (primary N) is 1. The van der Waals surface area contributed by atoms with Crippen molar-refractivity contribution in [3.63, 3.8) is 0 Å². The Morgan fingerprint density at radius 2 is 1.84 bits per heavy atom. The van der Waals surface area contributed by atoms with Crippen molar-refractivity contribution in [2.75, 3.05) is 13.1 Å². The summed E-state index contributed by atoms with van der Waals surface area (Å²) in [4.78, 5) is 14.1. The molecule has 0 radical (unpaired) electrons. The molecule has 1 aromatic carbocycles. The first-order valence-corrected chi connectivity index (χ1v) is 6.87. The number of nitrogens with one attached hydrogen (secondary N) is 1. The van der Waals surface area contributed by atoms with Crippen molar-refractivity contribution in [1.82, 2.24) is 10.2 Å². The van der Waals surface area contributed by atoms with Gasteiger partial charge in [-0.25, -0.2) is 4.79 Å². The summed E-state index contributed by atoms with van der Waals surface area (Å²) in [5, 5.41) is 3.10. The number of rotatable bonds is 2. The summed E-state index contributed by atoms with van der Waals surface area (Å²) >= 11 is 0. The molecule has 1 aromatic rings. The highest BCUT2D eigenvalue weighted by Gasteiger charge is 2.27. The lowest BCUT2D eigenvalue weighted by Crippen LogP contribution is -2.52. The summed E-state index contributed by atoms with van der Waals surface area (Å²) in [5.74, 6) is 0. The first-order valence-electron chi connectivity index (χ1n) is 6.87. The molecule has 4 nitrogen and oxygen atoms in total. The third-order valence-electron chi connectivity index (χ3n) is 3.74. The van der Waals surface area contributed by atoms with Gasteiger partial charge in [0.15, 0.2) is 0 Å². The molecule has 3 N–H and O–H groups in total. The molecule has 0 saturated carbocycles. The summed E-state index contributed by atoms with van der Waals surface area (Å²) in [6, 6.07) is 10.3. The van der Waals surface area contributed by atoms with E-state index in [9.17, 15) is 4.79 Å². The highest BCUT2D eigenvalue weighted by molar-refractivity contribution is 5.75. The van der Waals surface area contributed by atoms with Crippen molar-refractivity contribution in [3.05, 3.63) is 35.9 Å². The van der Waals surface area contributed by atoms with E-state index in [2.05, 4.69) is 5.32 Å². The zero-order chi connectivity index (χ0) is 13.9. The molecule has 0 bridgehead atoms. The lowest BCUT2D eigenvalue weighted by molar-refractivity contribution is 0.172. The first-order chi connectivity index (χ1) is 8.99. The summed E-state index contributed by atoms with van der Waals surface area (Å²) in [6.07, 6.45) is 1.78. The van der Waals surface area contributed by atoms with Crippen molar-refractivity contribution in [1.29, 1.82) is 0 Å². The summed E-state index contributed by atoms with van der Waals surface area (Å²) in [7, 11) is 0. The summed E-state index contributed by atoms with van der Waals surface area (Å²) in [5.41, 5.74) is 6.60. The molecule has 1 saturated heterocycles. The van der Waals surface area contributed by atoms with Gasteiger partial charge in [0.1, 0.15) is 0 Å². The maximum absolute atomic E-state index is 12.3. The van der Waals surface area contributed by atoms with Crippen LogP contribution in [0.5, 0.6) is 0 Å². The Morgan fingerprint density at radius 3 is 2.42 bits per heavy atom. The number of nitrogens with zero attached hydrogens (tertiary/aromatic N) is 1. The third-order valence-corrected chi connectivity index (χ3v) is 3.74. The number of likely N-dealkylation sites (tertiary alicyclic amines) is 1. The van der Waals surface area contributed by atoms with Gasteiger partial charge in [0.2, 0.25) is 0 Å². The normalized spacial score (nSPS) is 17.3. The molecule has 104 valence electrons. The molecular formula is C15H23N3O. The van der Waals surface area contributed by atoms with Crippen LogP contribution in [0.25, 0.3) is 0 Å². The molecule has 1 aliphatic rings. The van der Waals surface area contributed by atoms with Crippen LogP contribution in [0.4, 0.5) is 4.79 Å². The standard InChI is InChI=1S/C15H23N3O/c1-15(2,12-6-4-3-5-7-12)17-14(19)18-10-8-13(16)9-11-18/h3-7,13H,8-11,16H2,1-2H3,(H,17,19). The number of hydrogen-bond acceptors (Lipinski definition) is 2. The van der Waals surface area contributed by atoms with Crippen LogP contribution in [-0.4, -0.2) is 30.1 Å². The van der Waals surface area contributed by atoms with Crippen LogP contribution in [-0.2, 0) is 5.54 Å². The Labute approximate surface area is 115 Å². The van der Waals surface area contributed by atoms with E-state index in [-0.39, 0.29) is 17.6 Å². The minimum Gasteiger partial charge on any atom is -0.329 e. The van der Waals surface area contributed by atoms with Gasteiger partial charge in [0, 0.05) is 19.1 Å². The van der Waals surface area contributed by atoms with Gasteiger partial charge in [-0.05, 0) is 32.3 Å². The number of piperidine rings is 1. The molecular weight excluding hydrogens is 238 g/mol. The lowest BCUT2D eigenvalue weighted by Gasteiger charge is -2.34. The molecule has 0 atom stereocenters. The van der Waals surface area contributed by atoms with Crippen molar-refractivity contribution < 1.29 is 4.79 Å². The maximum Gasteiger partial charge on any atom is 0.318 e. The van der Waals surface area contributed by atoms with E-state index in [4.69, 9.17) is 5.73 Å². The molecule has 2 rings (SSSR count). The number of amides is 2. The minimum atomic E-state index is -0.363. The summed E-state index contributed by atoms with van der Waals surface area (Å²) < 4.78 is 0. The molecule has 4 heteroatoms. The van der Waals surface area contributed by atoms with Gasteiger partial charge in [-0.2, -0.15) is 0 Å². The Bertz CT molecular complexity index is 422. The predicted molar refractivity (Wildman–Crippen MR) is 76.8 cm³/mol. The van der Waals surface area contributed by atoms with Crippen molar-refractivity contribution in [2.24, 2.45) is 5.73 Å². The lowest BCUT2D eigenvalue weighted by atomic mass is 9.94. The van der Waals surface area contributed by atoms with Gasteiger partial charge in [0.25, 0.3) is 0 Å². The van der Waals surface area contributed by atoms with E-state index in [0.29, 0.717) is 0 Å². The van der Waals surface area contributed by atoms with Gasteiger partial charge < -0.3 is 16.0 Å². The smallest absolute Gasteiger partial charge is 0.318 e.